The molecule has 1 unspecified atom stereocenters. The summed E-state index contributed by atoms with van der Waals surface area (Å²) >= 11 is 0. The molecule has 0 radical (unpaired) electrons. The first kappa shape index (κ1) is 16.8. The van der Waals surface area contributed by atoms with Crippen molar-refractivity contribution in [2.24, 2.45) is 11.3 Å². The summed E-state index contributed by atoms with van der Waals surface area (Å²) < 4.78 is 4.92. The number of nitrogens with one attached hydrogen (secondary N) is 1. The Labute approximate surface area is 129 Å². The summed E-state index contributed by atoms with van der Waals surface area (Å²) in [6, 6.07) is 0.420. The Morgan fingerprint density at radius 3 is 2.33 bits per heavy atom. The minimum absolute atomic E-state index is 0.105. The summed E-state index contributed by atoms with van der Waals surface area (Å²) in [6.45, 7) is 10.4. The van der Waals surface area contributed by atoms with Crippen molar-refractivity contribution in [3.63, 3.8) is 0 Å². The smallest absolute Gasteiger partial charge is 0.322 e. The maximum absolute atomic E-state index is 11.8. The van der Waals surface area contributed by atoms with Gasteiger partial charge in [-0.1, -0.05) is 20.8 Å². The van der Waals surface area contributed by atoms with E-state index in [0.29, 0.717) is 11.5 Å². The van der Waals surface area contributed by atoms with Crippen molar-refractivity contribution in [3.05, 3.63) is 0 Å². The van der Waals surface area contributed by atoms with Crippen LogP contribution in [0.2, 0.25) is 0 Å². The molecule has 1 atom stereocenters. The van der Waals surface area contributed by atoms with E-state index in [2.05, 4.69) is 31.0 Å². The number of ether oxygens (including phenoxy) is 1. The van der Waals surface area contributed by atoms with Crippen molar-refractivity contribution in [1.82, 2.24) is 10.2 Å². The van der Waals surface area contributed by atoms with E-state index in [9.17, 15) is 4.79 Å². The molecular formula is C17H32N2O2. The molecule has 0 amide bonds. The van der Waals surface area contributed by atoms with E-state index in [-0.39, 0.29) is 12.0 Å². The van der Waals surface area contributed by atoms with E-state index in [4.69, 9.17) is 4.74 Å². The molecule has 0 spiro atoms. The van der Waals surface area contributed by atoms with Crippen molar-refractivity contribution in [2.75, 3.05) is 26.7 Å². The maximum atomic E-state index is 11.8. The highest BCUT2D eigenvalue weighted by Gasteiger charge is 2.31. The number of hydrogen-bond donors (Lipinski definition) is 1. The fourth-order valence-corrected chi connectivity index (χ4v) is 3.28. The summed E-state index contributed by atoms with van der Waals surface area (Å²) in [6.07, 6.45) is 5.82. The summed E-state index contributed by atoms with van der Waals surface area (Å²) in [5, 5.41) is 3.41. The predicted molar refractivity (Wildman–Crippen MR) is 85.2 cm³/mol. The van der Waals surface area contributed by atoms with Crippen molar-refractivity contribution in [1.29, 1.82) is 0 Å². The molecule has 122 valence electrons. The van der Waals surface area contributed by atoms with Gasteiger partial charge in [0.15, 0.2) is 0 Å². The van der Waals surface area contributed by atoms with Gasteiger partial charge >= 0.3 is 5.97 Å². The molecular weight excluding hydrogens is 264 g/mol. The number of carbonyl (C=O) groups is 1. The number of methoxy groups -OCH3 is 1. The molecule has 4 nitrogen and oxygen atoms in total. The molecule has 1 aliphatic heterocycles. The number of nitrogens with zero attached hydrogens (tertiary/aromatic N) is 1. The summed E-state index contributed by atoms with van der Waals surface area (Å²) in [7, 11) is 1.48. The lowest BCUT2D eigenvalue weighted by Gasteiger charge is -2.39. The zero-order chi connectivity index (χ0) is 15.5. The topological polar surface area (TPSA) is 41.6 Å². The maximum Gasteiger partial charge on any atom is 0.322 e. The zero-order valence-electron chi connectivity index (χ0n) is 14.2. The van der Waals surface area contributed by atoms with Crippen molar-refractivity contribution in [3.8, 4) is 0 Å². The Bertz CT molecular complexity index is 339. The van der Waals surface area contributed by atoms with Crippen molar-refractivity contribution >= 4 is 5.97 Å². The normalized spacial score (nSPS) is 23.0. The van der Waals surface area contributed by atoms with Gasteiger partial charge in [0.2, 0.25) is 0 Å². The Kier molecular flexibility index (Phi) is 5.67. The lowest BCUT2D eigenvalue weighted by Crippen LogP contribution is -2.44. The van der Waals surface area contributed by atoms with Crippen LogP contribution in [0.5, 0.6) is 0 Å². The van der Waals surface area contributed by atoms with Crippen molar-refractivity contribution < 1.29 is 9.53 Å². The largest absolute Gasteiger partial charge is 0.468 e. The van der Waals surface area contributed by atoms with Gasteiger partial charge in [0.05, 0.1) is 7.11 Å². The van der Waals surface area contributed by atoms with Gasteiger partial charge < -0.3 is 15.0 Å². The molecule has 1 aliphatic carbocycles. The molecule has 4 heteroatoms. The molecule has 2 rings (SSSR count). The molecule has 1 saturated carbocycles. The van der Waals surface area contributed by atoms with Crippen LogP contribution in [0.1, 0.15) is 52.9 Å². The van der Waals surface area contributed by atoms with Crippen LogP contribution in [0.25, 0.3) is 0 Å². The highest BCUT2D eigenvalue weighted by molar-refractivity contribution is 5.75. The molecule has 0 aromatic carbocycles. The Hall–Kier alpha value is -0.610. The van der Waals surface area contributed by atoms with E-state index in [0.717, 1.165) is 18.9 Å². The second-order valence-corrected chi connectivity index (χ2v) is 7.79. The Balaban J connectivity index is 1.73. The van der Waals surface area contributed by atoms with Gasteiger partial charge in [-0.15, -0.1) is 0 Å². The van der Waals surface area contributed by atoms with Gasteiger partial charge in [-0.05, 0) is 56.5 Å². The summed E-state index contributed by atoms with van der Waals surface area (Å²) in [5.41, 5.74) is 0.425. The molecule has 2 aliphatic rings. The molecule has 0 aromatic rings. The third-order valence-corrected chi connectivity index (χ3v) is 5.05. The minimum Gasteiger partial charge on any atom is -0.468 e. The van der Waals surface area contributed by atoms with E-state index in [1.807, 2.05) is 0 Å². The average molecular weight is 296 g/mol. The fourth-order valence-electron chi connectivity index (χ4n) is 3.28. The third kappa shape index (κ3) is 5.26. The molecule has 1 saturated heterocycles. The van der Waals surface area contributed by atoms with Crippen LogP contribution in [0.3, 0.4) is 0 Å². The van der Waals surface area contributed by atoms with Gasteiger partial charge in [-0.25, -0.2) is 0 Å². The average Bonchev–Trinajstić information content (AvgIpc) is 3.26. The van der Waals surface area contributed by atoms with Crippen LogP contribution in [0, 0.1) is 11.3 Å². The predicted octanol–water partition coefficient (Wildman–Crippen LogP) is 2.43. The SMILES string of the molecule is COC(=O)C(CCN1CCC(C(C)(C)C)CC1)NC1CC1. The van der Waals surface area contributed by atoms with E-state index in [1.165, 1.54) is 45.9 Å². The summed E-state index contributed by atoms with van der Waals surface area (Å²) in [5.74, 6) is 0.723. The molecule has 0 bridgehead atoms. The van der Waals surface area contributed by atoms with Crippen LogP contribution >= 0.6 is 0 Å². The van der Waals surface area contributed by atoms with Crippen molar-refractivity contribution in [2.45, 2.75) is 65.0 Å². The number of likely N-dealkylation sites (tertiary alicyclic amines) is 1. The number of esters is 1. The molecule has 21 heavy (non-hydrogen) atoms. The fraction of sp³-hybridized carbons (Fsp3) is 0.941. The zero-order valence-corrected chi connectivity index (χ0v) is 14.2. The summed E-state index contributed by atoms with van der Waals surface area (Å²) in [4.78, 5) is 14.3. The van der Waals surface area contributed by atoms with E-state index >= 15 is 0 Å². The van der Waals surface area contributed by atoms with E-state index < -0.39 is 0 Å². The molecule has 1 N–H and O–H groups in total. The molecule has 1 heterocycles. The monoisotopic (exact) mass is 296 g/mol. The second-order valence-electron chi connectivity index (χ2n) is 7.79. The third-order valence-electron chi connectivity index (χ3n) is 5.05. The van der Waals surface area contributed by atoms with Crippen LogP contribution < -0.4 is 5.32 Å². The standard InChI is InChI=1S/C17H32N2O2/c1-17(2,3)13-7-10-19(11-8-13)12-9-15(16(20)21-4)18-14-5-6-14/h13-15,18H,5-12H2,1-4H3. The van der Waals surface area contributed by atoms with Gasteiger partial charge in [0.25, 0.3) is 0 Å². The first-order valence-corrected chi connectivity index (χ1v) is 8.46. The van der Waals surface area contributed by atoms with Crippen LogP contribution in [-0.4, -0.2) is 49.7 Å². The Morgan fingerprint density at radius 2 is 1.86 bits per heavy atom. The lowest BCUT2D eigenvalue weighted by atomic mass is 9.75. The van der Waals surface area contributed by atoms with Crippen LogP contribution in [-0.2, 0) is 9.53 Å². The Morgan fingerprint density at radius 1 is 1.24 bits per heavy atom. The molecule has 0 aromatic heterocycles. The number of carbonyl (C=O) groups excluding carboxylic acids is 1. The van der Waals surface area contributed by atoms with Gasteiger partial charge in [-0.3, -0.25) is 4.79 Å². The van der Waals surface area contributed by atoms with Crippen LogP contribution in [0.15, 0.2) is 0 Å². The van der Waals surface area contributed by atoms with Gasteiger partial charge in [0, 0.05) is 12.6 Å². The number of hydrogen-bond acceptors (Lipinski definition) is 4. The van der Waals surface area contributed by atoms with Gasteiger partial charge in [0.1, 0.15) is 6.04 Å². The highest BCUT2D eigenvalue weighted by atomic mass is 16.5. The minimum atomic E-state index is -0.122. The lowest BCUT2D eigenvalue weighted by molar-refractivity contribution is -0.143. The second kappa shape index (κ2) is 7.10. The van der Waals surface area contributed by atoms with Gasteiger partial charge in [-0.2, -0.15) is 0 Å². The number of piperidine rings is 1. The first-order chi connectivity index (χ1) is 9.90. The number of rotatable bonds is 6. The highest BCUT2D eigenvalue weighted by Crippen LogP contribution is 2.34. The molecule has 2 fully saturated rings. The first-order valence-electron chi connectivity index (χ1n) is 8.46. The van der Waals surface area contributed by atoms with E-state index in [1.54, 1.807) is 0 Å². The van der Waals surface area contributed by atoms with Crippen LogP contribution in [0.4, 0.5) is 0 Å². The quantitative estimate of drug-likeness (QED) is 0.764.